The zero-order chi connectivity index (χ0) is 20.7. The molecule has 5 rings (SSSR count). The highest BCUT2D eigenvalue weighted by Crippen LogP contribution is 2.43. The van der Waals surface area contributed by atoms with E-state index in [0.29, 0.717) is 24.3 Å². The number of aromatic nitrogens is 4. The van der Waals surface area contributed by atoms with Crippen LogP contribution in [0.25, 0.3) is 11.4 Å². The molecule has 3 fully saturated rings. The lowest BCUT2D eigenvalue weighted by Gasteiger charge is -2.37. The van der Waals surface area contributed by atoms with E-state index in [4.69, 9.17) is 4.74 Å². The molecule has 1 N–H and O–H groups in total. The Kier molecular flexibility index (Phi) is 5.28. The summed E-state index contributed by atoms with van der Waals surface area (Å²) in [6.07, 6.45) is 6.38. The van der Waals surface area contributed by atoms with Crippen molar-refractivity contribution < 1.29 is 14.6 Å². The topological polar surface area (TPSA) is 93.4 Å². The number of rotatable bonds is 6. The van der Waals surface area contributed by atoms with E-state index in [9.17, 15) is 9.90 Å². The second kappa shape index (κ2) is 8.07. The van der Waals surface area contributed by atoms with E-state index < -0.39 is 6.61 Å². The summed E-state index contributed by atoms with van der Waals surface area (Å²) in [4.78, 5) is 18.4. The van der Waals surface area contributed by atoms with Crippen LogP contribution in [0.15, 0.2) is 24.4 Å². The third kappa shape index (κ3) is 3.98. The van der Waals surface area contributed by atoms with Gasteiger partial charge in [-0.2, -0.15) is 0 Å². The molecular formula is C22H29N5O3. The average molecular weight is 412 g/mol. The fourth-order valence-corrected chi connectivity index (χ4v) is 4.94. The van der Waals surface area contributed by atoms with Crippen molar-refractivity contribution in [2.24, 2.45) is 17.8 Å². The van der Waals surface area contributed by atoms with Crippen LogP contribution >= 0.6 is 0 Å². The third-order valence-electron chi connectivity index (χ3n) is 6.82. The normalized spacial score (nSPS) is 28.5. The van der Waals surface area contributed by atoms with E-state index in [1.54, 1.807) is 4.90 Å². The highest BCUT2D eigenvalue weighted by molar-refractivity contribution is 5.77. The van der Waals surface area contributed by atoms with E-state index in [0.717, 1.165) is 43.1 Å². The summed E-state index contributed by atoms with van der Waals surface area (Å²) < 4.78 is 8.33. The van der Waals surface area contributed by atoms with Gasteiger partial charge in [-0.3, -0.25) is 9.78 Å². The molecule has 1 saturated heterocycles. The number of ether oxygens (including phenoxy) is 1. The van der Waals surface area contributed by atoms with Crippen molar-refractivity contribution in [1.82, 2.24) is 24.9 Å². The summed E-state index contributed by atoms with van der Waals surface area (Å²) in [7, 11) is 0. The summed E-state index contributed by atoms with van der Waals surface area (Å²) in [5.41, 5.74) is 2.55. The molecule has 30 heavy (non-hydrogen) atoms. The second-order valence-corrected chi connectivity index (χ2v) is 9.08. The van der Waals surface area contributed by atoms with Gasteiger partial charge in [0, 0.05) is 25.4 Å². The Morgan fingerprint density at radius 1 is 1.20 bits per heavy atom. The molecule has 4 atom stereocenters. The van der Waals surface area contributed by atoms with Crippen LogP contribution in [-0.4, -0.2) is 68.3 Å². The monoisotopic (exact) mass is 411 g/mol. The standard InChI is InChI=1S/C22H29N5O3/c1-14-3-2-4-18(23-14)19-11-27(25-24-19)20-7-16-9-26(22(29)12-28)10-17(16)8-21(20)30-13-15-5-6-15/h2-4,11,15-17,20-21,28H,5-10,12-13H2,1H3/t16-,17+,20-,21-/m1/s1. The predicted octanol–water partition coefficient (Wildman–Crippen LogP) is 1.85. The summed E-state index contributed by atoms with van der Waals surface area (Å²) in [6.45, 7) is 3.78. The maximum absolute atomic E-state index is 12.0. The van der Waals surface area contributed by atoms with Gasteiger partial charge in [-0.05, 0) is 62.5 Å². The molecule has 3 aliphatic rings. The number of amides is 1. The van der Waals surface area contributed by atoms with Gasteiger partial charge in [-0.1, -0.05) is 11.3 Å². The van der Waals surface area contributed by atoms with Gasteiger partial charge >= 0.3 is 0 Å². The van der Waals surface area contributed by atoms with E-state index in [-0.39, 0.29) is 18.1 Å². The van der Waals surface area contributed by atoms with Crippen LogP contribution in [0.4, 0.5) is 0 Å². The highest BCUT2D eigenvalue weighted by atomic mass is 16.5. The fourth-order valence-electron chi connectivity index (χ4n) is 4.94. The number of aryl methyl sites for hydroxylation is 1. The second-order valence-electron chi connectivity index (χ2n) is 9.08. The summed E-state index contributed by atoms with van der Waals surface area (Å²) in [5, 5.41) is 18.1. The van der Waals surface area contributed by atoms with Gasteiger partial charge in [0.2, 0.25) is 5.91 Å². The lowest BCUT2D eigenvalue weighted by molar-refractivity contribution is -0.133. The van der Waals surface area contributed by atoms with Crippen LogP contribution in [0, 0.1) is 24.7 Å². The van der Waals surface area contributed by atoms with E-state index >= 15 is 0 Å². The third-order valence-corrected chi connectivity index (χ3v) is 6.82. The average Bonchev–Trinajstić information content (AvgIpc) is 3.29. The smallest absolute Gasteiger partial charge is 0.248 e. The molecule has 0 spiro atoms. The molecular weight excluding hydrogens is 382 g/mol. The number of likely N-dealkylation sites (tertiary alicyclic amines) is 1. The molecule has 3 heterocycles. The molecule has 1 amide bonds. The molecule has 0 radical (unpaired) electrons. The Balaban J connectivity index is 1.36. The van der Waals surface area contributed by atoms with Crippen LogP contribution in [0.3, 0.4) is 0 Å². The van der Waals surface area contributed by atoms with Gasteiger partial charge in [0.05, 0.1) is 24.0 Å². The molecule has 8 nitrogen and oxygen atoms in total. The summed E-state index contributed by atoms with van der Waals surface area (Å²) in [5.74, 6) is 1.34. The Bertz CT molecular complexity index is 912. The minimum absolute atomic E-state index is 0.0658. The first-order chi connectivity index (χ1) is 14.6. The number of carbonyl (C=O) groups excluding carboxylic acids is 1. The van der Waals surface area contributed by atoms with Crippen molar-refractivity contribution in [2.45, 2.75) is 44.8 Å². The van der Waals surface area contributed by atoms with E-state index in [1.165, 1.54) is 12.8 Å². The van der Waals surface area contributed by atoms with Crippen molar-refractivity contribution in [1.29, 1.82) is 0 Å². The van der Waals surface area contributed by atoms with Crippen molar-refractivity contribution in [3.8, 4) is 11.4 Å². The lowest BCUT2D eigenvalue weighted by Crippen LogP contribution is -2.38. The largest absolute Gasteiger partial charge is 0.387 e. The predicted molar refractivity (Wildman–Crippen MR) is 109 cm³/mol. The van der Waals surface area contributed by atoms with Crippen LogP contribution < -0.4 is 0 Å². The zero-order valence-electron chi connectivity index (χ0n) is 17.4. The first-order valence-corrected chi connectivity index (χ1v) is 11.0. The number of hydrogen-bond donors (Lipinski definition) is 1. The van der Waals surface area contributed by atoms with Crippen LogP contribution in [0.1, 0.15) is 37.4 Å². The van der Waals surface area contributed by atoms with Crippen LogP contribution in [-0.2, 0) is 9.53 Å². The fraction of sp³-hybridized carbons (Fsp3) is 0.636. The Labute approximate surface area is 176 Å². The minimum atomic E-state index is -0.416. The van der Waals surface area contributed by atoms with Crippen molar-refractivity contribution in [2.75, 3.05) is 26.3 Å². The maximum atomic E-state index is 12.0. The Hall–Kier alpha value is -2.32. The van der Waals surface area contributed by atoms with E-state index in [2.05, 4.69) is 15.3 Å². The number of aliphatic hydroxyl groups excluding tert-OH is 1. The van der Waals surface area contributed by atoms with Gasteiger partial charge < -0.3 is 14.7 Å². The Morgan fingerprint density at radius 2 is 2.00 bits per heavy atom. The molecule has 0 aromatic carbocycles. The molecule has 2 aromatic heterocycles. The lowest BCUT2D eigenvalue weighted by atomic mass is 9.77. The van der Waals surface area contributed by atoms with Crippen LogP contribution in [0.2, 0.25) is 0 Å². The molecule has 0 unspecified atom stereocenters. The van der Waals surface area contributed by atoms with Crippen molar-refractivity contribution in [3.05, 3.63) is 30.1 Å². The molecule has 2 aliphatic carbocycles. The molecule has 2 aromatic rings. The zero-order valence-corrected chi connectivity index (χ0v) is 17.4. The number of carbonyl (C=O) groups is 1. The molecule has 8 heteroatoms. The number of nitrogens with zero attached hydrogens (tertiary/aromatic N) is 5. The number of aliphatic hydroxyl groups is 1. The van der Waals surface area contributed by atoms with Crippen LogP contribution in [0.5, 0.6) is 0 Å². The Morgan fingerprint density at radius 3 is 2.73 bits per heavy atom. The van der Waals surface area contributed by atoms with Gasteiger partial charge in [-0.15, -0.1) is 5.10 Å². The first-order valence-electron chi connectivity index (χ1n) is 11.0. The van der Waals surface area contributed by atoms with Crippen molar-refractivity contribution >= 4 is 5.91 Å². The summed E-state index contributed by atoms with van der Waals surface area (Å²) >= 11 is 0. The number of hydrogen-bond acceptors (Lipinski definition) is 6. The van der Waals surface area contributed by atoms with Gasteiger partial charge in [0.25, 0.3) is 0 Å². The highest BCUT2D eigenvalue weighted by Gasteiger charge is 2.45. The molecule has 160 valence electrons. The number of fused-ring (bicyclic) bond motifs is 1. The van der Waals surface area contributed by atoms with E-state index in [1.807, 2.05) is 36.0 Å². The van der Waals surface area contributed by atoms with Gasteiger partial charge in [0.15, 0.2) is 0 Å². The molecule has 1 aliphatic heterocycles. The molecule has 0 bridgehead atoms. The maximum Gasteiger partial charge on any atom is 0.248 e. The molecule has 2 saturated carbocycles. The summed E-state index contributed by atoms with van der Waals surface area (Å²) in [6, 6.07) is 6.00. The van der Waals surface area contributed by atoms with Gasteiger partial charge in [-0.25, -0.2) is 4.68 Å². The quantitative estimate of drug-likeness (QED) is 0.780. The minimum Gasteiger partial charge on any atom is -0.387 e. The number of pyridine rings is 1. The first kappa shape index (κ1) is 19.6. The SMILES string of the molecule is Cc1cccc(-c2cn([C@@H]3C[C@@H]4CN(C(=O)CO)C[C@@H]4C[C@H]3OCC3CC3)nn2)n1. The van der Waals surface area contributed by atoms with Crippen molar-refractivity contribution in [3.63, 3.8) is 0 Å². The van der Waals surface area contributed by atoms with Gasteiger partial charge in [0.1, 0.15) is 12.3 Å².